The van der Waals surface area contributed by atoms with Gasteiger partial charge in [0.2, 0.25) is 0 Å². The molecule has 0 heterocycles. The number of benzene rings is 1. The lowest BCUT2D eigenvalue weighted by atomic mass is 10.1. The molecule has 0 aliphatic rings. The Balaban J connectivity index is 2.51. The van der Waals surface area contributed by atoms with Crippen molar-refractivity contribution in [3.8, 4) is 0 Å². The van der Waals surface area contributed by atoms with Gasteiger partial charge in [-0.15, -0.1) is 0 Å². The lowest BCUT2D eigenvalue weighted by molar-refractivity contribution is 0.0351. The van der Waals surface area contributed by atoms with Crippen LogP contribution in [0.25, 0.3) is 0 Å². The zero-order chi connectivity index (χ0) is 12.7. The van der Waals surface area contributed by atoms with Crippen LogP contribution in [0.1, 0.15) is 43.9 Å². The van der Waals surface area contributed by atoms with Crippen molar-refractivity contribution in [3.63, 3.8) is 0 Å². The van der Waals surface area contributed by atoms with Gasteiger partial charge < -0.3 is 10.5 Å². The third-order valence-electron chi connectivity index (χ3n) is 3.03. The second-order valence-corrected chi connectivity index (χ2v) is 4.86. The number of hydrogen-bond donors (Lipinski definition) is 1. The molecule has 1 aromatic carbocycles. The highest BCUT2D eigenvalue weighted by molar-refractivity contribution is 5.23. The average Bonchev–Trinajstić information content (AvgIpc) is 2.32. The Morgan fingerprint density at radius 3 is 2.41 bits per heavy atom. The lowest BCUT2D eigenvalue weighted by Gasteiger charge is -2.19. The molecule has 0 aliphatic heterocycles. The summed E-state index contributed by atoms with van der Waals surface area (Å²) in [5.41, 5.74) is 8.23. The van der Waals surface area contributed by atoms with Gasteiger partial charge in [0.05, 0.1) is 12.7 Å². The molecule has 1 rings (SSSR count). The number of aryl methyl sites for hydroxylation is 1. The van der Waals surface area contributed by atoms with Gasteiger partial charge >= 0.3 is 0 Å². The first kappa shape index (κ1) is 14.2. The van der Waals surface area contributed by atoms with Crippen molar-refractivity contribution < 1.29 is 4.74 Å². The van der Waals surface area contributed by atoms with Crippen molar-refractivity contribution in [2.24, 2.45) is 11.7 Å². The third kappa shape index (κ3) is 4.88. The summed E-state index contributed by atoms with van der Waals surface area (Å²) < 4.78 is 5.91. The van der Waals surface area contributed by atoms with Crippen LogP contribution in [0.2, 0.25) is 0 Å². The molecule has 0 saturated carbocycles. The van der Waals surface area contributed by atoms with E-state index in [-0.39, 0.29) is 6.10 Å². The molecular formula is C15H25NO. The summed E-state index contributed by atoms with van der Waals surface area (Å²) in [4.78, 5) is 0. The van der Waals surface area contributed by atoms with E-state index in [2.05, 4.69) is 45.0 Å². The molecule has 2 atom stereocenters. The van der Waals surface area contributed by atoms with E-state index in [0.717, 1.165) is 6.61 Å². The first-order chi connectivity index (χ1) is 8.17. The van der Waals surface area contributed by atoms with Gasteiger partial charge in [0.1, 0.15) is 0 Å². The second-order valence-electron chi connectivity index (χ2n) is 4.86. The van der Waals surface area contributed by atoms with Crippen molar-refractivity contribution in [1.29, 1.82) is 0 Å². The predicted molar refractivity (Wildman–Crippen MR) is 73.0 cm³/mol. The molecule has 0 radical (unpaired) electrons. The minimum absolute atomic E-state index is 0.0370. The van der Waals surface area contributed by atoms with Gasteiger partial charge in [0, 0.05) is 6.54 Å². The van der Waals surface area contributed by atoms with Crippen molar-refractivity contribution >= 4 is 0 Å². The van der Waals surface area contributed by atoms with Crippen LogP contribution < -0.4 is 5.73 Å². The zero-order valence-electron chi connectivity index (χ0n) is 11.3. The van der Waals surface area contributed by atoms with Gasteiger partial charge in [-0.05, 0) is 24.8 Å². The smallest absolute Gasteiger partial charge is 0.0947 e. The number of rotatable bonds is 7. The Labute approximate surface area is 105 Å². The summed E-state index contributed by atoms with van der Waals surface area (Å²) in [6.07, 6.45) is 2.46. The van der Waals surface area contributed by atoms with Crippen LogP contribution in [-0.2, 0) is 4.74 Å². The standard InChI is InChI=1S/C15H25NO/c1-4-5-13(3)11-17-15(10-16)14-8-6-12(2)7-9-14/h6-9,13,15H,4-5,10-11,16H2,1-3H3. The maximum Gasteiger partial charge on any atom is 0.0947 e. The summed E-state index contributed by atoms with van der Waals surface area (Å²) in [5, 5.41) is 0. The first-order valence-corrected chi connectivity index (χ1v) is 6.55. The monoisotopic (exact) mass is 235 g/mol. The fraction of sp³-hybridized carbons (Fsp3) is 0.600. The molecular weight excluding hydrogens is 210 g/mol. The van der Waals surface area contributed by atoms with Crippen LogP contribution in [0.5, 0.6) is 0 Å². The molecule has 0 aromatic heterocycles. The maximum atomic E-state index is 5.91. The van der Waals surface area contributed by atoms with Gasteiger partial charge in [0.25, 0.3) is 0 Å². The Kier molecular flexibility index (Phi) is 6.23. The van der Waals surface area contributed by atoms with E-state index >= 15 is 0 Å². The largest absolute Gasteiger partial charge is 0.372 e. The summed E-state index contributed by atoms with van der Waals surface area (Å²) in [6, 6.07) is 8.43. The third-order valence-corrected chi connectivity index (χ3v) is 3.03. The number of hydrogen-bond acceptors (Lipinski definition) is 2. The van der Waals surface area contributed by atoms with E-state index in [9.17, 15) is 0 Å². The van der Waals surface area contributed by atoms with E-state index in [1.54, 1.807) is 0 Å². The molecule has 1 aromatic rings. The molecule has 0 aliphatic carbocycles. The van der Waals surface area contributed by atoms with Crippen molar-refractivity contribution in [2.75, 3.05) is 13.2 Å². The minimum atomic E-state index is 0.0370. The summed E-state index contributed by atoms with van der Waals surface area (Å²) in [6.45, 7) is 7.86. The Morgan fingerprint density at radius 1 is 1.24 bits per heavy atom. The molecule has 0 amide bonds. The summed E-state index contributed by atoms with van der Waals surface area (Å²) in [5.74, 6) is 0.611. The molecule has 2 unspecified atom stereocenters. The normalized spacial score (nSPS) is 14.6. The minimum Gasteiger partial charge on any atom is -0.372 e. The van der Waals surface area contributed by atoms with Crippen molar-refractivity contribution in [3.05, 3.63) is 35.4 Å². The van der Waals surface area contributed by atoms with Crippen LogP contribution >= 0.6 is 0 Å². The quantitative estimate of drug-likeness (QED) is 0.785. The molecule has 0 saturated heterocycles. The Bertz CT molecular complexity index is 307. The summed E-state index contributed by atoms with van der Waals surface area (Å²) in [7, 11) is 0. The molecule has 96 valence electrons. The predicted octanol–water partition coefficient (Wildman–Crippen LogP) is 3.45. The van der Waals surface area contributed by atoms with Crippen molar-refractivity contribution in [2.45, 2.75) is 39.7 Å². The van der Waals surface area contributed by atoms with E-state index < -0.39 is 0 Å². The van der Waals surface area contributed by atoms with Crippen LogP contribution in [0.3, 0.4) is 0 Å². The Morgan fingerprint density at radius 2 is 1.88 bits per heavy atom. The molecule has 2 N–H and O–H groups in total. The van der Waals surface area contributed by atoms with Crippen LogP contribution in [0.15, 0.2) is 24.3 Å². The molecule has 0 bridgehead atoms. The van der Waals surface area contributed by atoms with Crippen molar-refractivity contribution in [1.82, 2.24) is 0 Å². The van der Waals surface area contributed by atoms with Crippen LogP contribution in [0, 0.1) is 12.8 Å². The highest BCUT2D eigenvalue weighted by Gasteiger charge is 2.11. The fourth-order valence-electron chi connectivity index (χ4n) is 1.94. The maximum absolute atomic E-state index is 5.91. The Hall–Kier alpha value is -0.860. The lowest BCUT2D eigenvalue weighted by Crippen LogP contribution is -2.18. The molecule has 2 heteroatoms. The summed E-state index contributed by atoms with van der Waals surface area (Å²) >= 11 is 0. The van der Waals surface area contributed by atoms with Gasteiger partial charge in [-0.25, -0.2) is 0 Å². The topological polar surface area (TPSA) is 35.2 Å². The fourth-order valence-corrected chi connectivity index (χ4v) is 1.94. The second kappa shape index (κ2) is 7.46. The molecule has 0 fully saturated rings. The molecule has 17 heavy (non-hydrogen) atoms. The number of nitrogens with two attached hydrogens (primary N) is 1. The highest BCUT2D eigenvalue weighted by atomic mass is 16.5. The van der Waals surface area contributed by atoms with E-state index in [1.165, 1.54) is 24.0 Å². The highest BCUT2D eigenvalue weighted by Crippen LogP contribution is 2.18. The van der Waals surface area contributed by atoms with Gasteiger partial charge in [-0.3, -0.25) is 0 Å². The molecule has 2 nitrogen and oxygen atoms in total. The van der Waals surface area contributed by atoms with E-state index in [1.807, 2.05) is 0 Å². The van der Waals surface area contributed by atoms with Gasteiger partial charge in [-0.2, -0.15) is 0 Å². The SMILES string of the molecule is CCCC(C)COC(CN)c1ccc(C)cc1. The van der Waals surface area contributed by atoms with Crippen LogP contribution in [0.4, 0.5) is 0 Å². The first-order valence-electron chi connectivity index (χ1n) is 6.55. The average molecular weight is 235 g/mol. The zero-order valence-corrected chi connectivity index (χ0v) is 11.3. The van der Waals surface area contributed by atoms with E-state index in [4.69, 9.17) is 10.5 Å². The molecule has 0 spiro atoms. The van der Waals surface area contributed by atoms with Gasteiger partial charge in [-0.1, -0.05) is 50.1 Å². The number of ether oxygens (including phenoxy) is 1. The van der Waals surface area contributed by atoms with E-state index in [0.29, 0.717) is 12.5 Å². The van der Waals surface area contributed by atoms with Crippen LogP contribution in [-0.4, -0.2) is 13.2 Å². The van der Waals surface area contributed by atoms with Gasteiger partial charge in [0.15, 0.2) is 0 Å².